The zero-order chi connectivity index (χ0) is 34.1. The summed E-state index contributed by atoms with van der Waals surface area (Å²) in [6.45, 7) is 18.7. The zero-order valence-corrected chi connectivity index (χ0v) is 35.0. The Kier molecular flexibility index (Phi) is 11.6. The summed E-state index contributed by atoms with van der Waals surface area (Å²) in [6.07, 6.45) is 12.9. The maximum absolute atomic E-state index is 2.53. The van der Waals surface area contributed by atoms with E-state index in [1.807, 2.05) is 68.0 Å². The van der Waals surface area contributed by atoms with E-state index in [0.717, 1.165) is 0 Å². The molecule has 0 aliphatic carbocycles. The minimum absolute atomic E-state index is 0.107. The van der Waals surface area contributed by atoms with Crippen LogP contribution in [0, 0.1) is 0 Å². The van der Waals surface area contributed by atoms with Gasteiger partial charge in [0.05, 0.1) is 9.75 Å². The minimum Gasteiger partial charge on any atom is -0.140 e. The van der Waals surface area contributed by atoms with Gasteiger partial charge in [-0.3, -0.25) is 0 Å². The number of hydrogen-bond donors (Lipinski definition) is 0. The molecule has 6 rings (SSSR count). The summed E-state index contributed by atoms with van der Waals surface area (Å²) < 4.78 is 2.86. The van der Waals surface area contributed by atoms with Crippen LogP contribution < -0.4 is 0 Å². The van der Waals surface area contributed by atoms with Crippen LogP contribution in [0.25, 0.3) is 49.8 Å². The maximum atomic E-state index is 2.53. The molecule has 0 aromatic carbocycles. The van der Waals surface area contributed by atoms with Gasteiger partial charge in [-0.25, -0.2) is 0 Å². The summed E-state index contributed by atoms with van der Waals surface area (Å²) >= 11 is 12.0. The first-order valence-corrected chi connectivity index (χ1v) is 22.9. The van der Waals surface area contributed by atoms with Gasteiger partial charge in [-0.05, 0) is 85.0 Å². The predicted octanol–water partition coefficient (Wildman–Crippen LogP) is 16.7. The molecule has 0 unspecified atom stereocenters. The molecule has 0 saturated carbocycles. The van der Waals surface area contributed by atoms with E-state index in [2.05, 4.69) is 104 Å². The number of fused-ring (bicyclic) bond motifs is 1. The number of rotatable bonds is 14. The van der Waals surface area contributed by atoms with Crippen LogP contribution in [0.2, 0.25) is 0 Å². The molecule has 0 spiro atoms. The Balaban J connectivity index is 1.43. The van der Waals surface area contributed by atoms with Crippen molar-refractivity contribution in [3.8, 4) is 40.4 Å². The molecule has 48 heavy (non-hydrogen) atoms. The van der Waals surface area contributed by atoms with Crippen molar-refractivity contribution in [1.29, 1.82) is 0 Å². The molecule has 0 aliphatic heterocycles. The normalized spacial score (nSPS) is 12.6. The van der Waals surface area contributed by atoms with Gasteiger partial charge in [0.25, 0.3) is 0 Å². The van der Waals surface area contributed by atoms with Gasteiger partial charge in [0.1, 0.15) is 0 Å². The van der Waals surface area contributed by atoms with Crippen molar-refractivity contribution >= 4 is 77.4 Å². The molecule has 6 aromatic heterocycles. The predicted molar refractivity (Wildman–Crippen MR) is 226 cm³/mol. The fraction of sp³-hybridized carbons (Fsp3) is 0.476. The molecule has 0 atom stereocenters. The van der Waals surface area contributed by atoms with Crippen molar-refractivity contribution < 1.29 is 0 Å². The summed E-state index contributed by atoms with van der Waals surface area (Å²) in [7, 11) is 0. The third-order valence-electron chi connectivity index (χ3n) is 9.01. The smallest absolute Gasteiger partial charge is 0.0542 e. The van der Waals surface area contributed by atoms with Gasteiger partial charge in [0.15, 0.2) is 0 Å². The molecule has 0 aliphatic rings. The summed E-state index contributed by atoms with van der Waals surface area (Å²) in [6, 6.07) is 19.6. The molecule has 256 valence electrons. The first kappa shape index (κ1) is 36.3. The highest BCUT2D eigenvalue weighted by molar-refractivity contribution is 7.32. The third kappa shape index (κ3) is 8.32. The number of hydrogen-bond acceptors (Lipinski definition) is 6. The van der Waals surface area contributed by atoms with Crippen molar-refractivity contribution in [3.05, 3.63) is 68.0 Å². The van der Waals surface area contributed by atoms with E-state index in [9.17, 15) is 0 Å². The summed E-state index contributed by atoms with van der Waals surface area (Å²) in [5.74, 6) is 0. The third-order valence-corrected chi connectivity index (χ3v) is 17.1. The monoisotopic (exact) mass is 748 g/mol. The zero-order valence-electron chi connectivity index (χ0n) is 30.1. The van der Waals surface area contributed by atoms with Crippen molar-refractivity contribution in [3.63, 3.8) is 0 Å². The van der Waals surface area contributed by atoms with Crippen molar-refractivity contribution in [1.82, 2.24) is 0 Å². The Morgan fingerprint density at radius 1 is 0.438 bits per heavy atom. The van der Waals surface area contributed by atoms with Gasteiger partial charge < -0.3 is 0 Å². The quantitative estimate of drug-likeness (QED) is 0.0973. The number of unbranched alkanes of at least 4 members (excludes halogenated alkanes) is 6. The van der Waals surface area contributed by atoms with E-state index in [1.165, 1.54) is 134 Å². The van der Waals surface area contributed by atoms with Crippen LogP contribution in [0.1, 0.15) is 126 Å². The lowest BCUT2D eigenvalue weighted by Crippen LogP contribution is -2.07. The number of thiophene rings is 6. The van der Waals surface area contributed by atoms with Gasteiger partial charge in [-0.1, -0.05) is 93.9 Å². The van der Waals surface area contributed by atoms with Crippen molar-refractivity contribution in [2.75, 3.05) is 0 Å². The largest absolute Gasteiger partial charge is 0.140 e. The second kappa shape index (κ2) is 15.4. The molecule has 6 heterocycles. The Hall–Kier alpha value is -1.54. The van der Waals surface area contributed by atoms with Crippen LogP contribution in [-0.2, 0) is 23.7 Å². The molecule has 0 saturated heterocycles. The summed E-state index contributed by atoms with van der Waals surface area (Å²) in [4.78, 5) is 14.6. The van der Waals surface area contributed by atoms with Crippen LogP contribution >= 0.6 is 68.0 Å². The SMILES string of the molecule is CCCCCCc1ccc(-c2cc(-c3cc4sc(C(C)(C)C)cc4s3)sc2-c2sc(C(C)(C)C)cc2-c2ccc(CCCCCC)s2)s1. The second-order valence-corrected chi connectivity index (χ2v) is 21.9. The molecular formula is C42H52S6. The molecule has 0 fully saturated rings. The van der Waals surface area contributed by atoms with E-state index >= 15 is 0 Å². The molecule has 6 aromatic rings. The lowest BCUT2D eigenvalue weighted by molar-refractivity contribution is 0.604. The topological polar surface area (TPSA) is 0 Å². The van der Waals surface area contributed by atoms with Crippen LogP contribution in [0.15, 0.2) is 48.5 Å². The van der Waals surface area contributed by atoms with Crippen molar-refractivity contribution in [2.24, 2.45) is 0 Å². The Bertz CT molecular complexity index is 1900. The Morgan fingerprint density at radius 3 is 1.48 bits per heavy atom. The fourth-order valence-electron chi connectivity index (χ4n) is 6.07. The van der Waals surface area contributed by atoms with E-state index in [1.54, 1.807) is 0 Å². The van der Waals surface area contributed by atoms with E-state index < -0.39 is 0 Å². The standard InChI is InChI=1S/C42H52S6/c1-9-11-13-15-17-27-19-21-31(43-27)29-23-33(34-25-35-36(45-34)26-38(46-35)42(6,7)8)47-39(29)40-30(24-37(48-40)41(3,4)5)32-22-20-28(44-32)18-16-14-12-10-2/h19-26H,9-18H2,1-8H3. The number of aryl methyl sites for hydroxylation is 2. The lowest BCUT2D eigenvalue weighted by Gasteiger charge is -2.15. The molecule has 6 heteroatoms. The Morgan fingerprint density at radius 2 is 0.938 bits per heavy atom. The highest BCUT2D eigenvalue weighted by atomic mass is 32.1. The van der Waals surface area contributed by atoms with E-state index in [-0.39, 0.29) is 10.8 Å². The maximum Gasteiger partial charge on any atom is 0.0542 e. The highest BCUT2D eigenvalue weighted by Crippen LogP contribution is 2.54. The lowest BCUT2D eigenvalue weighted by atomic mass is 9.94. The van der Waals surface area contributed by atoms with Crippen LogP contribution in [0.4, 0.5) is 0 Å². The van der Waals surface area contributed by atoms with Gasteiger partial charge >= 0.3 is 0 Å². The minimum atomic E-state index is 0.107. The molecule has 0 bridgehead atoms. The first-order valence-electron chi connectivity index (χ1n) is 18.0. The first-order chi connectivity index (χ1) is 22.9. The summed E-state index contributed by atoms with van der Waals surface area (Å²) in [5, 5.41) is 0. The van der Waals surface area contributed by atoms with Crippen LogP contribution in [0.5, 0.6) is 0 Å². The second-order valence-electron chi connectivity index (χ2n) is 15.3. The average molecular weight is 749 g/mol. The summed E-state index contributed by atoms with van der Waals surface area (Å²) in [5.41, 5.74) is 3.16. The van der Waals surface area contributed by atoms with E-state index in [0.29, 0.717) is 0 Å². The van der Waals surface area contributed by atoms with E-state index in [4.69, 9.17) is 0 Å². The highest BCUT2D eigenvalue weighted by Gasteiger charge is 2.27. The molecule has 0 amide bonds. The Labute approximate surface area is 313 Å². The average Bonchev–Trinajstić information content (AvgIpc) is 3.86. The van der Waals surface area contributed by atoms with Gasteiger partial charge in [-0.2, -0.15) is 0 Å². The molecule has 0 N–H and O–H groups in total. The molecule has 0 radical (unpaired) electrons. The molecule has 0 nitrogen and oxygen atoms in total. The van der Waals surface area contributed by atoms with Crippen LogP contribution in [0.3, 0.4) is 0 Å². The van der Waals surface area contributed by atoms with Gasteiger partial charge in [0, 0.05) is 59.5 Å². The van der Waals surface area contributed by atoms with Gasteiger partial charge in [-0.15, -0.1) is 68.0 Å². The van der Waals surface area contributed by atoms with Crippen molar-refractivity contribution in [2.45, 2.75) is 130 Å². The fourth-order valence-corrected chi connectivity index (χ4v) is 13.4. The van der Waals surface area contributed by atoms with Gasteiger partial charge in [0.2, 0.25) is 0 Å². The molecular weight excluding hydrogens is 697 g/mol. The van der Waals surface area contributed by atoms with Crippen LogP contribution in [-0.4, -0.2) is 0 Å².